The minimum Gasteiger partial charge on any atom is -0.462 e. The molecular formula is C16H20N10O. The Labute approximate surface area is 155 Å². The van der Waals surface area contributed by atoms with E-state index >= 15 is 0 Å². The van der Waals surface area contributed by atoms with Crippen LogP contribution in [0.2, 0.25) is 0 Å². The second kappa shape index (κ2) is 6.99. The van der Waals surface area contributed by atoms with Crippen LogP contribution >= 0.6 is 0 Å². The maximum Gasteiger partial charge on any atom is 0.313 e. The molecule has 0 radical (unpaired) electrons. The fourth-order valence-corrected chi connectivity index (χ4v) is 2.41. The van der Waals surface area contributed by atoms with Gasteiger partial charge in [0.25, 0.3) is 0 Å². The molecule has 0 saturated carbocycles. The van der Waals surface area contributed by atoms with Gasteiger partial charge >= 0.3 is 6.02 Å². The Balaban J connectivity index is 2.10. The van der Waals surface area contributed by atoms with Gasteiger partial charge in [0.05, 0.1) is 12.2 Å². The van der Waals surface area contributed by atoms with E-state index < -0.39 is 0 Å². The molecule has 0 saturated heterocycles. The summed E-state index contributed by atoms with van der Waals surface area (Å²) in [5, 5.41) is 25.2. The number of hydrogen-bond donors (Lipinski definition) is 2. The fourth-order valence-electron chi connectivity index (χ4n) is 2.41. The van der Waals surface area contributed by atoms with E-state index in [-0.39, 0.29) is 22.8 Å². The van der Waals surface area contributed by atoms with Crippen molar-refractivity contribution >= 4 is 23.2 Å². The molecule has 2 aromatic heterocycles. The monoisotopic (exact) mass is 368 g/mol. The number of azo groups is 1. The van der Waals surface area contributed by atoms with E-state index in [1.807, 2.05) is 26.8 Å². The summed E-state index contributed by atoms with van der Waals surface area (Å²) in [5.41, 5.74) is 7.16. The standard InChI is InChI=1S/C16H20N10O/c1-9-20-14-11(12(16(2,3)4)25-26(14)24-9)22-23-13(10(7-17)8-18)21-15-19-5-6-27-15/h7,25H,5-6,17H2,1-4H3. The Morgan fingerprint density at radius 2 is 2.22 bits per heavy atom. The van der Waals surface area contributed by atoms with Crippen LogP contribution in [0, 0.1) is 18.3 Å². The van der Waals surface area contributed by atoms with Crippen LogP contribution in [0.4, 0.5) is 5.69 Å². The largest absolute Gasteiger partial charge is 0.462 e. The van der Waals surface area contributed by atoms with Gasteiger partial charge in [-0.25, -0.2) is 9.98 Å². The molecule has 140 valence electrons. The summed E-state index contributed by atoms with van der Waals surface area (Å²) in [5.74, 6) is 0.608. The Morgan fingerprint density at radius 3 is 2.81 bits per heavy atom. The average Bonchev–Trinajstić information content (AvgIpc) is 3.29. The maximum atomic E-state index is 9.29. The third-order valence-electron chi connectivity index (χ3n) is 3.67. The Bertz CT molecular complexity index is 1020. The van der Waals surface area contributed by atoms with E-state index in [1.165, 1.54) is 0 Å². The van der Waals surface area contributed by atoms with Crippen LogP contribution in [0.15, 0.2) is 32.0 Å². The molecule has 0 atom stereocenters. The Hall–Kier alpha value is -3.55. The molecule has 3 N–H and O–H groups in total. The van der Waals surface area contributed by atoms with Crippen LogP contribution in [0.5, 0.6) is 0 Å². The van der Waals surface area contributed by atoms with Gasteiger partial charge in [-0.1, -0.05) is 20.8 Å². The number of fused-ring (bicyclic) bond motifs is 1. The second-order valence-electron chi connectivity index (χ2n) is 6.82. The number of nitrogens with zero attached hydrogens (tertiary/aromatic N) is 8. The van der Waals surface area contributed by atoms with Crippen LogP contribution in [-0.4, -0.2) is 44.8 Å². The third-order valence-corrected chi connectivity index (χ3v) is 3.67. The lowest BCUT2D eigenvalue weighted by molar-refractivity contribution is 0.343. The highest BCUT2D eigenvalue weighted by molar-refractivity contribution is 6.07. The van der Waals surface area contributed by atoms with Crippen molar-refractivity contribution in [2.24, 2.45) is 25.9 Å². The highest BCUT2D eigenvalue weighted by atomic mass is 16.5. The number of nitrogens with two attached hydrogens (primary N) is 1. The van der Waals surface area contributed by atoms with Crippen molar-refractivity contribution in [2.75, 3.05) is 13.2 Å². The van der Waals surface area contributed by atoms with Crippen molar-refractivity contribution in [3.05, 3.63) is 23.3 Å². The number of nitriles is 1. The molecule has 3 heterocycles. The van der Waals surface area contributed by atoms with Crippen LogP contribution in [0.1, 0.15) is 32.3 Å². The predicted molar refractivity (Wildman–Crippen MR) is 98.9 cm³/mol. The van der Waals surface area contributed by atoms with Crippen molar-refractivity contribution in [2.45, 2.75) is 33.1 Å². The third kappa shape index (κ3) is 3.69. The van der Waals surface area contributed by atoms with E-state index in [0.29, 0.717) is 30.3 Å². The minimum atomic E-state index is -0.262. The number of aryl methyl sites for hydroxylation is 1. The van der Waals surface area contributed by atoms with E-state index in [1.54, 1.807) is 11.6 Å². The molecule has 0 fully saturated rings. The summed E-state index contributed by atoms with van der Waals surface area (Å²) in [6.45, 7) is 8.81. The molecule has 1 aliphatic rings. The fraction of sp³-hybridized carbons (Fsp3) is 0.438. The first-order chi connectivity index (χ1) is 12.8. The van der Waals surface area contributed by atoms with Gasteiger partial charge in [0.1, 0.15) is 24.1 Å². The molecule has 0 bridgehead atoms. The van der Waals surface area contributed by atoms with E-state index in [9.17, 15) is 5.26 Å². The molecule has 0 spiro atoms. The van der Waals surface area contributed by atoms with Gasteiger partial charge in [-0.3, -0.25) is 5.10 Å². The summed E-state index contributed by atoms with van der Waals surface area (Å²) < 4.78 is 6.81. The lowest BCUT2D eigenvalue weighted by Crippen LogP contribution is -2.12. The summed E-state index contributed by atoms with van der Waals surface area (Å²) in [6, 6.07) is 2.09. The number of rotatable bonds is 2. The number of aromatic amines is 1. The van der Waals surface area contributed by atoms with E-state index in [4.69, 9.17) is 10.5 Å². The number of nitrogens with one attached hydrogen (secondary N) is 1. The zero-order chi connectivity index (χ0) is 19.6. The van der Waals surface area contributed by atoms with Gasteiger partial charge in [-0.15, -0.1) is 15.3 Å². The predicted octanol–water partition coefficient (Wildman–Crippen LogP) is 1.90. The molecule has 27 heavy (non-hydrogen) atoms. The van der Waals surface area contributed by atoms with Crippen molar-refractivity contribution < 1.29 is 4.74 Å². The normalized spacial score (nSPS) is 16.0. The SMILES string of the molecule is Cc1nc2c(N=NC(=NC3=NCCO3)C(C#N)=CN)c(C(C)(C)C)[nH]n2n1. The number of ether oxygens (including phenoxy) is 1. The van der Waals surface area contributed by atoms with Crippen molar-refractivity contribution in [3.63, 3.8) is 0 Å². The summed E-state index contributed by atoms with van der Waals surface area (Å²) in [4.78, 5) is 12.6. The van der Waals surface area contributed by atoms with Crippen molar-refractivity contribution in [1.29, 1.82) is 5.26 Å². The topological polar surface area (TPSA) is 154 Å². The first-order valence-corrected chi connectivity index (χ1v) is 8.29. The van der Waals surface area contributed by atoms with Crippen molar-refractivity contribution in [3.8, 4) is 6.07 Å². The first kappa shape index (κ1) is 18.2. The van der Waals surface area contributed by atoms with Crippen LogP contribution in [0.25, 0.3) is 5.65 Å². The molecular weight excluding hydrogens is 348 g/mol. The smallest absolute Gasteiger partial charge is 0.313 e. The molecule has 11 nitrogen and oxygen atoms in total. The van der Waals surface area contributed by atoms with E-state index in [2.05, 4.69) is 35.4 Å². The van der Waals surface area contributed by atoms with Gasteiger partial charge in [0.2, 0.25) is 5.65 Å². The highest BCUT2D eigenvalue weighted by Crippen LogP contribution is 2.33. The highest BCUT2D eigenvalue weighted by Gasteiger charge is 2.25. The molecule has 0 amide bonds. The van der Waals surface area contributed by atoms with Crippen LogP contribution in [-0.2, 0) is 10.2 Å². The Kier molecular flexibility index (Phi) is 4.72. The zero-order valence-electron chi connectivity index (χ0n) is 15.6. The number of amidine groups is 2. The molecule has 1 aliphatic heterocycles. The molecule has 0 unspecified atom stereocenters. The zero-order valence-corrected chi connectivity index (χ0v) is 15.6. The van der Waals surface area contributed by atoms with Crippen LogP contribution in [0.3, 0.4) is 0 Å². The van der Waals surface area contributed by atoms with Gasteiger partial charge in [-0.05, 0) is 6.92 Å². The maximum absolute atomic E-state index is 9.29. The molecule has 2 aromatic rings. The molecule has 3 rings (SSSR count). The Morgan fingerprint density at radius 1 is 1.44 bits per heavy atom. The lowest BCUT2D eigenvalue weighted by atomic mass is 9.91. The number of H-pyrrole nitrogens is 1. The van der Waals surface area contributed by atoms with Gasteiger partial charge in [0.15, 0.2) is 11.5 Å². The van der Waals surface area contributed by atoms with Crippen LogP contribution < -0.4 is 5.73 Å². The quantitative estimate of drug-likeness (QED) is 0.358. The second-order valence-corrected chi connectivity index (χ2v) is 6.82. The first-order valence-electron chi connectivity index (χ1n) is 8.29. The minimum absolute atomic E-state index is 0.0103. The summed E-state index contributed by atoms with van der Waals surface area (Å²) >= 11 is 0. The lowest BCUT2D eigenvalue weighted by Gasteiger charge is -2.16. The number of hydrogen-bond acceptors (Lipinski definition) is 8. The summed E-state index contributed by atoms with van der Waals surface area (Å²) in [7, 11) is 0. The number of aliphatic imine (C=N–C) groups is 2. The summed E-state index contributed by atoms with van der Waals surface area (Å²) in [6.07, 6.45) is 1.12. The van der Waals surface area contributed by atoms with E-state index in [0.717, 1.165) is 11.9 Å². The van der Waals surface area contributed by atoms with Gasteiger partial charge in [0, 0.05) is 11.6 Å². The molecule has 11 heteroatoms. The van der Waals surface area contributed by atoms with Crippen molar-refractivity contribution in [1.82, 2.24) is 19.8 Å². The van der Waals surface area contributed by atoms with Gasteiger partial charge in [-0.2, -0.15) is 14.9 Å². The average molecular weight is 368 g/mol. The number of aromatic nitrogens is 4. The molecule has 0 aliphatic carbocycles. The molecule has 0 aromatic carbocycles. The van der Waals surface area contributed by atoms with Gasteiger partial charge < -0.3 is 10.5 Å².